The third-order valence-corrected chi connectivity index (χ3v) is 4.10. The smallest absolute Gasteiger partial charge is 0.290 e. The van der Waals surface area contributed by atoms with Gasteiger partial charge in [0.15, 0.2) is 0 Å². The zero-order valence-electron chi connectivity index (χ0n) is 12.6. The van der Waals surface area contributed by atoms with Crippen LogP contribution in [0.2, 0.25) is 0 Å². The molecular weight excluding hydrogens is 328 g/mol. The number of hydrogen-bond acceptors (Lipinski definition) is 5. The van der Waals surface area contributed by atoms with Crippen LogP contribution in [0.15, 0.2) is 52.2 Å². The Morgan fingerprint density at radius 3 is 2.50 bits per heavy atom. The Morgan fingerprint density at radius 1 is 1.04 bits per heavy atom. The zero-order chi connectivity index (χ0) is 16.9. The highest BCUT2D eigenvalue weighted by Gasteiger charge is 2.24. The number of rotatable bonds is 5. The van der Waals surface area contributed by atoms with Gasteiger partial charge in [0.1, 0.15) is 5.75 Å². The first-order chi connectivity index (χ1) is 11.6. The Kier molecular flexibility index (Phi) is 4.81. The van der Waals surface area contributed by atoms with Gasteiger partial charge in [-0.25, -0.2) is 0 Å². The van der Waals surface area contributed by atoms with Gasteiger partial charge in [0.05, 0.1) is 11.5 Å². The summed E-state index contributed by atoms with van der Waals surface area (Å²) in [6.07, 6.45) is 2.25. The number of amides is 2. The van der Waals surface area contributed by atoms with E-state index in [0.29, 0.717) is 23.7 Å². The molecule has 1 aromatic heterocycles. The van der Waals surface area contributed by atoms with Crippen LogP contribution in [0.3, 0.4) is 0 Å². The number of H-pyrrole nitrogens is 1. The third-order valence-electron chi connectivity index (χ3n) is 3.29. The second-order valence-electron chi connectivity index (χ2n) is 5.06. The number of nitrogens with one attached hydrogen (secondary N) is 2. The van der Waals surface area contributed by atoms with E-state index < -0.39 is 0 Å². The van der Waals surface area contributed by atoms with E-state index in [9.17, 15) is 14.4 Å². The molecule has 1 saturated heterocycles. The second kappa shape index (κ2) is 7.18. The van der Waals surface area contributed by atoms with Crippen LogP contribution in [0.1, 0.15) is 11.3 Å². The summed E-state index contributed by atoms with van der Waals surface area (Å²) in [5.74, 6) is 0.317. The molecule has 0 unspecified atom stereocenters. The first-order valence-electron chi connectivity index (χ1n) is 7.26. The molecule has 122 valence electrons. The van der Waals surface area contributed by atoms with E-state index >= 15 is 0 Å². The lowest BCUT2D eigenvalue weighted by atomic mass is 10.2. The van der Waals surface area contributed by atoms with E-state index in [1.54, 1.807) is 24.3 Å². The number of thioether (sulfide) groups is 1. The van der Waals surface area contributed by atoms with Gasteiger partial charge in [0.25, 0.3) is 11.1 Å². The molecule has 2 N–H and O–H groups in total. The summed E-state index contributed by atoms with van der Waals surface area (Å²) in [6, 6.07) is 12.2. The van der Waals surface area contributed by atoms with Crippen LogP contribution in [0.4, 0.5) is 4.79 Å². The Labute approximate surface area is 141 Å². The normalized spacial score (nSPS) is 15.6. The van der Waals surface area contributed by atoms with Gasteiger partial charge in [-0.3, -0.25) is 19.7 Å². The van der Waals surface area contributed by atoms with Crippen molar-refractivity contribution in [2.75, 3.05) is 6.61 Å². The molecule has 2 aromatic rings. The standard InChI is InChI=1S/C17H14N2O4S/c20-15-3-1-2-12(18-15)8-9-23-13-6-4-11(5-7-13)10-14-16(21)19-17(22)24-14/h1-7,10H,8-9H2,(H,18,20)(H,19,21,22). The van der Waals surface area contributed by atoms with Gasteiger partial charge < -0.3 is 9.72 Å². The number of aromatic amines is 1. The van der Waals surface area contributed by atoms with Crippen molar-refractivity contribution in [1.82, 2.24) is 10.3 Å². The van der Waals surface area contributed by atoms with Crippen LogP contribution in [-0.4, -0.2) is 22.7 Å². The van der Waals surface area contributed by atoms with Crippen molar-refractivity contribution in [2.24, 2.45) is 0 Å². The number of ether oxygens (including phenoxy) is 1. The molecule has 6 nitrogen and oxygen atoms in total. The highest BCUT2D eigenvalue weighted by Crippen LogP contribution is 2.26. The van der Waals surface area contributed by atoms with Gasteiger partial charge in [-0.05, 0) is 41.6 Å². The quantitative estimate of drug-likeness (QED) is 0.814. The fraction of sp³-hybridized carbons (Fsp3) is 0.118. The maximum atomic E-state index is 11.5. The minimum atomic E-state index is -0.373. The summed E-state index contributed by atoms with van der Waals surface area (Å²) in [7, 11) is 0. The summed E-state index contributed by atoms with van der Waals surface area (Å²) in [6.45, 7) is 0.438. The summed E-state index contributed by atoms with van der Waals surface area (Å²) in [5.41, 5.74) is 1.50. The molecule has 2 heterocycles. The maximum Gasteiger partial charge on any atom is 0.290 e. The highest BCUT2D eigenvalue weighted by atomic mass is 32.2. The monoisotopic (exact) mass is 342 g/mol. The average Bonchev–Trinajstić information content (AvgIpc) is 2.87. The van der Waals surface area contributed by atoms with Crippen LogP contribution in [0.5, 0.6) is 5.75 Å². The van der Waals surface area contributed by atoms with Crippen LogP contribution >= 0.6 is 11.8 Å². The van der Waals surface area contributed by atoms with Crippen molar-refractivity contribution >= 4 is 29.0 Å². The predicted molar refractivity (Wildman–Crippen MR) is 91.8 cm³/mol. The molecule has 1 aromatic carbocycles. The van der Waals surface area contributed by atoms with Crippen LogP contribution in [0, 0.1) is 0 Å². The average molecular weight is 342 g/mol. The number of imide groups is 1. The molecule has 0 atom stereocenters. The molecule has 1 fully saturated rings. The summed E-state index contributed by atoms with van der Waals surface area (Å²) in [4.78, 5) is 36.9. The van der Waals surface area contributed by atoms with Crippen molar-refractivity contribution in [3.8, 4) is 5.75 Å². The topological polar surface area (TPSA) is 88.3 Å². The van der Waals surface area contributed by atoms with Crippen LogP contribution in [-0.2, 0) is 11.2 Å². The Balaban J connectivity index is 1.57. The number of hydrogen-bond donors (Lipinski definition) is 2. The van der Waals surface area contributed by atoms with Crippen molar-refractivity contribution in [3.05, 3.63) is 69.0 Å². The molecule has 7 heteroatoms. The van der Waals surface area contributed by atoms with E-state index in [0.717, 1.165) is 23.0 Å². The lowest BCUT2D eigenvalue weighted by Gasteiger charge is -2.06. The fourth-order valence-corrected chi connectivity index (χ4v) is 2.83. The van der Waals surface area contributed by atoms with Crippen molar-refractivity contribution < 1.29 is 14.3 Å². The number of carbonyl (C=O) groups is 2. The second-order valence-corrected chi connectivity index (χ2v) is 6.07. The van der Waals surface area contributed by atoms with Gasteiger partial charge in [-0.1, -0.05) is 18.2 Å². The molecule has 0 bridgehead atoms. The minimum Gasteiger partial charge on any atom is -0.493 e. The molecule has 0 radical (unpaired) electrons. The maximum absolute atomic E-state index is 11.5. The van der Waals surface area contributed by atoms with Crippen molar-refractivity contribution in [1.29, 1.82) is 0 Å². The molecule has 1 aliphatic rings. The van der Waals surface area contributed by atoms with E-state index in [2.05, 4.69) is 10.3 Å². The van der Waals surface area contributed by atoms with Gasteiger partial charge >= 0.3 is 0 Å². The van der Waals surface area contributed by atoms with Gasteiger partial charge in [0, 0.05) is 18.2 Å². The first-order valence-corrected chi connectivity index (χ1v) is 8.08. The predicted octanol–water partition coefficient (Wildman–Crippen LogP) is 2.32. The van der Waals surface area contributed by atoms with E-state index in [4.69, 9.17) is 4.74 Å². The van der Waals surface area contributed by atoms with Gasteiger partial charge in [0.2, 0.25) is 5.56 Å². The number of aromatic nitrogens is 1. The molecule has 3 rings (SSSR count). The number of carbonyl (C=O) groups excluding carboxylic acids is 2. The van der Waals surface area contributed by atoms with Crippen LogP contribution < -0.4 is 15.6 Å². The lowest BCUT2D eigenvalue weighted by molar-refractivity contribution is -0.115. The molecular formula is C17H14N2O4S. The van der Waals surface area contributed by atoms with E-state index in [1.165, 1.54) is 6.07 Å². The fourth-order valence-electron chi connectivity index (χ4n) is 2.15. The largest absolute Gasteiger partial charge is 0.493 e. The summed E-state index contributed by atoms with van der Waals surface area (Å²) < 4.78 is 5.63. The third kappa shape index (κ3) is 4.14. The molecule has 0 saturated carbocycles. The Bertz CT molecular complexity index is 855. The highest BCUT2D eigenvalue weighted by molar-refractivity contribution is 8.18. The summed E-state index contributed by atoms with van der Waals surface area (Å²) in [5, 5.41) is 1.86. The SMILES string of the molecule is O=C1NC(=O)C(=Cc2ccc(OCCc3cccc(=O)[nH]3)cc2)S1. The van der Waals surface area contributed by atoms with Crippen LogP contribution in [0.25, 0.3) is 6.08 Å². The van der Waals surface area contributed by atoms with E-state index in [-0.39, 0.29) is 16.7 Å². The molecule has 2 amide bonds. The molecule has 24 heavy (non-hydrogen) atoms. The summed E-state index contributed by atoms with van der Waals surface area (Å²) >= 11 is 0.887. The Morgan fingerprint density at radius 2 is 1.83 bits per heavy atom. The lowest BCUT2D eigenvalue weighted by Crippen LogP contribution is -2.17. The Hall–Kier alpha value is -2.80. The number of benzene rings is 1. The first kappa shape index (κ1) is 16.1. The zero-order valence-corrected chi connectivity index (χ0v) is 13.4. The number of pyridine rings is 1. The van der Waals surface area contributed by atoms with Gasteiger partial charge in [-0.2, -0.15) is 0 Å². The molecule has 0 spiro atoms. The van der Waals surface area contributed by atoms with Crippen molar-refractivity contribution in [2.45, 2.75) is 6.42 Å². The molecule has 0 aliphatic carbocycles. The minimum absolute atomic E-state index is 0.128. The van der Waals surface area contributed by atoms with E-state index in [1.807, 2.05) is 18.2 Å². The van der Waals surface area contributed by atoms with Crippen molar-refractivity contribution in [3.63, 3.8) is 0 Å². The molecule has 1 aliphatic heterocycles. The van der Waals surface area contributed by atoms with Gasteiger partial charge in [-0.15, -0.1) is 0 Å².